The van der Waals surface area contributed by atoms with Crippen molar-refractivity contribution in [3.8, 4) is 0 Å². The molecule has 41 heavy (non-hydrogen) atoms. The highest BCUT2D eigenvalue weighted by Gasteiger charge is 2.39. The molecule has 2 N–H and O–H groups in total. The predicted octanol–water partition coefficient (Wildman–Crippen LogP) is 7.29. The molecule has 0 spiro atoms. The van der Waals surface area contributed by atoms with Gasteiger partial charge in [0.1, 0.15) is 18.2 Å². The van der Waals surface area contributed by atoms with Crippen LogP contribution in [0, 0.1) is 11.6 Å². The number of carbonyl (C=O) groups is 2. The summed E-state index contributed by atoms with van der Waals surface area (Å²) in [4.78, 5) is 26.2. The molecule has 1 aliphatic rings. The Bertz CT molecular complexity index is 1750. The molecule has 0 bridgehead atoms. The van der Waals surface area contributed by atoms with Crippen LogP contribution in [0.1, 0.15) is 43.4 Å². The van der Waals surface area contributed by atoms with E-state index in [2.05, 4.69) is 15.7 Å². The predicted molar refractivity (Wildman–Crippen MR) is 131 cm³/mol. The van der Waals surface area contributed by atoms with Crippen LogP contribution < -0.4 is 10.6 Å². The summed E-state index contributed by atoms with van der Waals surface area (Å²) in [6.45, 7) is -1.65. The zero-order chi connectivity index (χ0) is 30.0. The topological polar surface area (TPSA) is 76.0 Å². The van der Waals surface area contributed by atoms with Crippen molar-refractivity contribution in [2.45, 2.75) is 24.9 Å². The van der Waals surface area contributed by atoms with Crippen molar-refractivity contribution in [1.82, 2.24) is 15.1 Å². The minimum atomic E-state index is -5.01. The van der Waals surface area contributed by atoms with E-state index in [1.807, 2.05) is 0 Å². The first-order valence-corrected chi connectivity index (χ1v) is 12.0. The van der Waals surface area contributed by atoms with Crippen molar-refractivity contribution in [1.29, 1.82) is 0 Å². The minimum absolute atomic E-state index is 0.0162. The Kier molecular flexibility index (Phi) is 6.89. The third-order valence-electron chi connectivity index (χ3n) is 6.16. The summed E-state index contributed by atoms with van der Waals surface area (Å²) in [6.07, 6.45) is -9.80. The number of fused-ring (bicyclic) bond motifs is 3. The number of halogens is 10. The smallest absolute Gasteiger partial charge is 0.341 e. The van der Waals surface area contributed by atoms with Crippen molar-refractivity contribution >= 4 is 51.6 Å². The molecule has 0 radical (unpaired) electrons. The van der Waals surface area contributed by atoms with Crippen LogP contribution in [0.4, 0.5) is 40.8 Å². The Morgan fingerprint density at radius 1 is 1.00 bits per heavy atom. The molecule has 214 valence electrons. The van der Waals surface area contributed by atoms with Gasteiger partial charge in [-0.15, -0.1) is 0 Å². The van der Waals surface area contributed by atoms with Crippen LogP contribution in [0.3, 0.4) is 0 Å². The van der Waals surface area contributed by atoms with Gasteiger partial charge >= 0.3 is 12.4 Å². The van der Waals surface area contributed by atoms with Gasteiger partial charge < -0.3 is 10.6 Å². The summed E-state index contributed by atoms with van der Waals surface area (Å²) in [6, 6.07) is 3.90. The summed E-state index contributed by atoms with van der Waals surface area (Å²) >= 11 is 12.4. The van der Waals surface area contributed by atoms with Crippen molar-refractivity contribution in [2.75, 3.05) is 5.32 Å². The largest absolute Gasteiger partial charge is 0.416 e. The lowest BCUT2D eigenvalue weighted by Crippen LogP contribution is -2.21. The Balaban J connectivity index is 1.74. The van der Waals surface area contributed by atoms with Crippen LogP contribution in [0.2, 0.25) is 10.2 Å². The van der Waals surface area contributed by atoms with E-state index in [1.165, 1.54) is 6.07 Å². The van der Waals surface area contributed by atoms with Crippen LogP contribution in [0.5, 0.6) is 0 Å². The Morgan fingerprint density at radius 3 is 2.37 bits per heavy atom. The highest BCUT2D eigenvalue weighted by atomic mass is 35.5. The molecule has 0 fully saturated rings. The van der Waals surface area contributed by atoms with Crippen LogP contribution in [0.25, 0.3) is 10.9 Å². The third kappa shape index (κ3) is 5.40. The molecule has 16 heteroatoms. The molecule has 1 aliphatic heterocycles. The molecule has 4 aromatic rings. The molecule has 0 saturated heterocycles. The zero-order valence-electron chi connectivity index (χ0n) is 19.8. The van der Waals surface area contributed by atoms with E-state index < -0.39 is 64.7 Å². The number of nitrogens with zero attached hydrogens (tertiary/aromatic N) is 2. The average molecular weight is 623 g/mol. The second kappa shape index (κ2) is 9.87. The summed E-state index contributed by atoms with van der Waals surface area (Å²) < 4.78 is 108. The molecule has 0 unspecified atom stereocenters. The van der Waals surface area contributed by atoms with Gasteiger partial charge in [-0.25, -0.2) is 8.78 Å². The number of anilines is 1. The van der Waals surface area contributed by atoms with E-state index in [1.54, 1.807) is 0 Å². The number of alkyl halides is 6. The first kappa shape index (κ1) is 28.6. The van der Waals surface area contributed by atoms with Gasteiger partial charge in [0.2, 0.25) is 0 Å². The van der Waals surface area contributed by atoms with Gasteiger partial charge in [0, 0.05) is 27.4 Å². The lowest BCUT2D eigenvalue weighted by atomic mass is 9.94. The number of hydrogen-bond acceptors (Lipinski definition) is 3. The standard InChI is InChI=1S/C25H12Cl2F8N4O2/c26-14-2-1-11(28)6-13(14)20-17-15(36-22(40)9-3-10(25(33,34)35)5-12(29)4-9)7-16-18(19(17)23(41)37-20)21(27)38-39(16)8-24(30,31)32/h1-7,20H,8H2,(H,36,40)(H,37,41)/t20-/m0/s1. The summed E-state index contributed by atoms with van der Waals surface area (Å²) in [5, 5.41) is 7.62. The summed E-state index contributed by atoms with van der Waals surface area (Å²) in [5.41, 5.74) is -3.49. The number of aromatic nitrogens is 2. The Labute approximate surface area is 233 Å². The van der Waals surface area contributed by atoms with Crippen molar-refractivity contribution in [3.63, 3.8) is 0 Å². The third-order valence-corrected chi connectivity index (χ3v) is 6.77. The molecular formula is C25H12Cl2F8N4O2. The molecule has 2 heterocycles. The maximum Gasteiger partial charge on any atom is 0.416 e. The van der Waals surface area contributed by atoms with Crippen molar-refractivity contribution < 1.29 is 44.7 Å². The van der Waals surface area contributed by atoms with Crippen molar-refractivity contribution in [3.05, 3.63) is 92.1 Å². The SMILES string of the molecule is O=C(Nc1cc2c(c(Cl)nn2CC(F)(F)F)c2c1[C@H](c1cc(F)ccc1Cl)NC2=O)c1cc(F)cc(C(F)(F)F)c1. The van der Waals surface area contributed by atoms with E-state index in [9.17, 15) is 44.7 Å². The monoisotopic (exact) mass is 622 g/mol. The second-order valence-electron chi connectivity index (χ2n) is 8.92. The second-order valence-corrected chi connectivity index (χ2v) is 9.69. The van der Waals surface area contributed by atoms with Gasteiger partial charge in [-0.2, -0.15) is 31.4 Å². The van der Waals surface area contributed by atoms with E-state index in [-0.39, 0.29) is 44.4 Å². The van der Waals surface area contributed by atoms with Crippen molar-refractivity contribution in [2.24, 2.45) is 0 Å². The van der Waals surface area contributed by atoms with E-state index in [4.69, 9.17) is 23.2 Å². The molecule has 2 amide bonds. The fourth-order valence-corrected chi connectivity index (χ4v) is 5.07. The van der Waals surface area contributed by atoms with Gasteiger partial charge in [0.15, 0.2) is 5.15 Å². The van der Waals surface area contributed by atoms with E-state index in [0.717, 1.165) is 18.2 Å². The average Bonchev–Trinajstić information content (AvgIpc) is 3.35. The number of rotatable bonds is 4. The van der Waals surface area contributed by atoms with Gasteiger partial charge in [0.25, 0.3) is 11.8 Å². The molecular weight excluding hydrogens is 611 g/mol. The van der Waals surface area contributed by atoms with Gasteiger partial charge in [0.05, 0.1) is 28.1 Å². The van der Waals surface area contributed by atoms with Gasteiger partial charge in [-0.3, -0.25) is 14.3 Å². The van der Waals surface area contributed by atoms with E-state index >= 15 is 0 Å². The first-order chi connectivity index (χ1) is 19.0. The lowest BCUT2D eigenvalue weighted by Gasteiger charge is -2.19. The number of hydrogen-bond donors (Lipinski definition) is 2. The minimum Gasteiger partial charge on any atom is -0.341 e. The molecule has 5 rings (SSSR count). The molecule has 0 aliphatic carbocycles. The first-order valence-electron chi connectivity index (χ1n) is 11.3. The Hall–Kier alpha value is -3.91. The zero-order valence-corrected chi connectivity index (χ0v) is 21.3. The fourth-order valence-electron chi connectivity index (χ4n) is 4.56. The van der Waals surface area contributed by atoms with Crippen LogP contribution in [0.15, 0.2) is 42.5 Å². The Morgan fingerprint density at radius 2 is 1.71 bits per heavy atom. The molecule has 1 atom stereocenters. The maximum atomic E-state index is 14.1. The summed E-state index contributed by atoms with van der Waals surface area (Å²) in [5.74, 6) is -4.35. The molecule has 6 nitrogen and oxygen atoms in total. The van der Waals surface area contributed by atoms with Crippen LogP contribution in [-0.2, 0) is 12.7 Å². The fraction of sp³-hybridized carbons (Fsp3) is 0.160. The normalized spacial score (nSPS) is 15.3. The number of benzene rings is 3. The van der Waals surface area contributed by atoms with Crippen LogP contribution in [-0.4, -0.2) is 27.8 Å². The quantitative estimate of drug-likeness (QED) is 0.235. The molecule has 0 saturated carbocycles. The number of carbonyl (C=O) groups excluding carboxylic acids is 2. The van der Waals surface area contributed by atoms with Crippen LogP contribution >= 0.6 is 23.2 Å². The number of amides is 2. The maximum absolute atomic E-state index is 14.1. The van der Waals surface area contributed by atoms with E-state index in [0.29, 0.717) is 16.8 Å². The molecule has 3 aromatic carbocycles. The molecule has 1 aromatic heterocycles. The lowest BCUT2D eigenvalue weighted by molar-refractivity contribution is -0.142. The van der Waals surface area contributed by atoms with Gasteiger partial charge in [-0.1, -0.05) is 23.2 Å². The summed E-state index contributed by atoms with van der Waals surface area (Å²) in [7, 11) is 0. The van der Waals surface area contributed by atoms with Gasteiger partial charge in [-0.05, 0) is 42.5 Å². The number of nitrogens with one attached hydrogen (secondary N) is 2. The highest BCUT2D eigenvalue weighted by Crippen LogP contribution is 2.45. The highest BCUT2D eigenvalue weighted by molar-refractivity contribution is 6.36.